The van der Waals surface area contributed by atoms with Crippen molar-refractivity contribution in [1.29, 1.82) is 0 Å². The molecule has 1 aromatic carbocycles. The number of aromatic nitrogens is 1. The highest BCUT2D eigenvalue weighted by Gasteiger charge is 2.07. The van der Waals surface area contributed by atoms with Gasteiger partial charge in [-0.25, -0.2) is 4.98 Å². The Morgan fingerprint density at radius 1 is 1.39 bits per heavy atom. The van der Waals surface area contributed by atoms with E-state index in [4.69, 9.17) is 5.73 Å². The normalized spacial score (nSPS) is 11.1. The lowest BCUT2D eigenvalue weighted by molar-refractivity contribution is 0.316. The summed E-state index contributed by atoms with van der Waals surface area (Å²) in [6.45, 7) is 3.70. The molecule has 0 radical (unpaired) electrons. The minimum absolute atomic E-state index is 0.825. The minimum atomic E-state index is 0.825. The van der Waals surface area contributed by atoms with Crippen molar-refractivity contribution in [2.24, 2.45) is 0 Å². The van der Waals surface area contributed by atoms with Crippen LogP contribution in [0.1, 0.15) is 16.3 Å². The molecule has 0 spiro atoms. The molecule has 0 amide bonds. The minimum Gasteiger partial charge on any atom is -0.398 e. The molecule has 2 N–H and O–H groups in total. The topological polar surface area (TPSA) is 42.2 Å². The molecule has 96 valence electrons. The quantitative estimate of drug-likeness (QED) is 0.876. The second-order valence-electron chi connectivity index (χ2n) is 4.37. The van der Waals surface area contributed by atoms with Crippen molar-refractivity contribution in [3.05, 3.63) is 44.3 Å². The van der Waals surface area contributed by atoms with Crippen LogP contribution in [0.5, 0.6) is 0 Å². The molecule has 18 heavy (non-hydrogen) atoms. The van der Waals surface area contributed by atoms with Crippen LogP contribution < -0.4 is 5.73 Å². The summed E-state index contributed by atoms with van der Waals surface area (Å²) in [5.41, 5.74) is 9.09. The van der Waals surface area contributed by atoms with Gasteiger partial charge in [-0.2, -0.15) is 0 Å². The van der Waals surface area contributed by atoms with Crippen LogP contribution in [0.25, 0.3) is 0 Å². The van der Waals surface area contributed by atoms with Crippen LogP contribution in [0.3, 0.4) is 0 Å². The van der Waals surface area contributed by atoms with Gasteiger partial charge >= 0.3 is 0 Å². The first-order valence-electron chi connectivity index (χ1n) is 5.68. The molecule has 0 saturated heterocycles. The summed E-state index contributed by atoms with van der Waals surface area (Å²) in [6, 6.07) is 6.02. The maximum atomic E-state index is 6.00. The number of hydrogen-bond acceptors (Lipinski definition) is 4. The molecule has 1 heterocycles. The Hall–Kier alpha value is -0.910. The lowest BCUT2D eigenvalue weighted by atomic mass is 10.1. The van der Waals surface area contributed by atoms with Crippen molar-refractivity contribution in [3.8, 4) is 0 Å². The zero-order valence-electron chi connectivity index (χ0n) is 10.5. The van der Waals surface area contributed by atoms with Crippen molar-refractivity contribution in [2.45, 2.75) is 20.0 Å². The molecule has 0 aliphatic heterocycles. The molecule has 0 aliphatic rings. The monoisotopic (exact) mass is 325 g/mol. The molecular formula is C13H16BrN3S. The van der Waals surface area contributed by atoms with E-state index < -0.39 is 0 Å². The summed E-state index contributed by atoms with van der Waals surface area (Å²) in [4.78, 5) is 6.68. The van der Waals surface area contributed by atoms with Gasteiger partial charge in [-0.3, -0.25) is 4.90 Å². The van der Waals surface area contributed by atoms with Crippen LogP contribution in [-0.4, -0.2) is 16.9 Å². The molecule has 2 rings (SSSR count). The van der Waals surface area contributed by atoms with E-state index >= 15 is 0 Å². The average molecular weight is 326 g/mol. The third kappa shape index (κ3) is 3.54. The zero-order valence-corrected chi connectivity index (χ0v) is 12.9. The van der Waals surface area contributed by atoms with Gasteiger partial charge in [0.25, 0.3) is 0 Å². The SMILES string of the molecule is Cc1nc(CN(C)Cc2ccc(Br)cc2N)cs1. The average Bonchev–Trinajstić information content (AvgIpc) is 2.68. The number of thiazole rings is 1. The highest BCUT2D eigenvalue weighted by Crippen LogP contribution is 2.20. The molecule has 0 unspecified atom stereocenters. The van der Waals surface area contributed by atoms with E-state index in [1.165, 1.54) is 0 Å². The Morgan fingerprint density at radius 3 is 2.78 bits per heavy atom. The molecular weight excluding hydrogens is 310 g/mol. The maximum absolute atomic E-state index is 6.00. The molecule has 5 heteroatoms. The Morgan fingerprint density at radius 2 is 2.17 bits per heavy atom. The Kier molecular flexibility index (Phi) is 4.37. The van der Waals surface area contributed by atoms with Crippen molar-refractivity contribution in [2.75, 3.05) is 12.8 Å². The number of hydrogen-bond donors (Lipinski definition) is 1. The van der Waals surface area contributed by atoms with E-state index in [1.807, 2.05) is 19.1 Å². The Balaban J connectivity index is 2.00. The number of nitrogens with two attached hydrogens (primary N) is 1. The van der Waals surface area contributed by atoms with Crippen LogP contribution in [0.15, 0.2) is 28.1 Å². The smallest absolute Gasteiger partial charge is 0.0897 e. The summed E-state index contributed by atoms with van der Waals surface area (Å²) in [5, 5.41) is 3.22. The van der Waals surface area contributed by atoms with Gasteiger partial charge in [0.05, 0.1) is 10.7 Å². The zero-order chi connectivity index (χ0) is 13.1. The van der Waals surface area contributed by atoms with Gasteiger partial charge in [0.15, 0.2) is 0 Å². The van der Waals surface area contributed by atoms with Crippen LogP contribution >= 0.6 is 27.3 Å². The Labute approximate surface area is 120 Å². The van der Waals surface area contributed by atoms with E-state index in [9.17, 15) is 0 Å². The predicted octanol–water partition coefficient (Wildman–Crippen LogP) is 3.43. The van der Waals surface area contributed by atoms with E-state index in [0.717, 1.165) is 39.5 Å². The first-order chi connectivity index (χ1) is 8.54. The molecule has 3 nitrogen and oxygen atoms in total. The van der Waals surface area contributed by atoms with Crippen molar-refractivity contribution in [1.82, 2.24) is 9.88 Å². The summed E-state index contributed by atoms with van der Waals surface area (Å²) in [6.07, 6.45) is 0. The number of halogens is 1. The third-order valence-electron chi connectivity index (χ3n) is 2.65. The van der Waals surface area contributed by atoms with Crippen LogP contribution in [0.4, 0.5) is 5.69 Å². The van der Waals surface area contributed by atoms with Gasteiger partial charge in [0, 0.05) is 28.6 Å². The molecule has 0 saturated carbocycles. The van der Waals surface area contributed by atoms with Gasteiger partial charge in [-0.15, -0.1) is 11.3 Å². The fraction of sp³-hybridized carbons (Fsp3) is 0.308. The molecule has 0 aliphatic carbocycles. The van der Waals surface area contributed by atoms with E-state index in [-0.39, 0.29) is 0 Å². The molecule has 2 aromatic rings. The predicted molar refractivity (Wildman–Crippen MR) is 80.6 cm³/mol. The third-order valence-corrected chi connectivity index (χ3v) is 3.96. The van der Waals surface area contributed by atoms with E-state index in [0.29, 0.717) is 0 Å². The number of benzene rings is 1. The summed E-state index contributed by atoms with van der Waals surface area (Å²) in [5.74, 6) is 0. The van der Waals surface area contributed by atoms with E-state index in [1.54, 1.807) is 11.3 Å². The van der Waals surface area contributed by atoms with E-state index in [2.05, 4.69) is 44.3 Å². The second kappa shape index (κ2) is 5.82. The van der Waals surface area contributed by atoms with Gasteiger partial charge in [0.1, 0.15) is 0 Å². The molecule has 0 bridgehead atoms. The number of nitrogen functional groups attached to an aromatic ring is 1. The largest absolute Gasteiger partial charge is 0.398 e. The highest BCUT2D eigenvalue weighted by molar-refractivity contribution is 9.10. The molecule has 0 atom stereocenters. The van der Waals surface area contributed by atoms with Gasteiger partial charge < -0.3 is 5.73 Å². The fourth-order valence-electron chi connectivity index (χ4n) is 1.81. The number of rotatable bonds is 4. The van der Waals surface area contributed by atoms with Crippen LogP contribution in [0, 0.1) is 6.92 Å². The lowest BCUT2D eigenvalue weighted by Gasteiger charge is -2.16. The van der Waals surface area contributed by atoms with Gasteiger partial charge in [-0.05, 0) is 31.7 Å². The standard InChI is InChI=1S/C13H16BrN3S/c1-9-16-12(8-18-9)7-17(2)6-10-3-4-11(14)5-13(10)15/h3-5,8H,6-7,15H2,1-2H3. The van der Waals surface area contributed by atoms with Gasteiger partial charge in [-0.1, -0.05) is 22.0 Å². The molecule has 0 fully saturated rings. The lowest BCUT2D eigenvalue weighted by Crippen LogP contribution is -2.18. The summed E-state index contributed by atoms with van der Waals surface area (Å²) >= 11 is 5.11. The highest BCUT2D eigenvalue weighted by atomic mass is 79.9. The number of nitrogens with zero attached hydrogens (tertiary/aromatic N) is 2. The van der Waals surface area contributed by atoms with Crippen molar-refractivity contribution >= 4 is 33.0 Å². The fourth-order valence-corrected chi connectivity index (χ4v) is 2.80. The first-order valence-corrected chi connectivity index (χ1v) is 7.35. The van der Waals surface area contributed by atoms with Crippen LogP contribution in [-0.2, 0) is 13.1 Å². The molecule has 1 aromatic heterocycles. The van der Waals surface area contributed by atoms with Crippen molar-refractivity contribution < 1.29 is 0 Å². The van der Waals surface area contributed by atoms with Crippen LogP contribution in [0.2, 0.25) is 0 Å². The number of aryl methyl sites for hydroxylation is 1. The van der Waals surface area contributed by atoms with Gasteiger partial charge in [0.2, 0.25) is 0 Å². The summed E-state index contributed by atoms with van der Waals surface area (Å²) in [7, 11) is 2.08. The Bertz CT molecular complexity index is 539. The maximum Gasteiger partial charge on any atom is 0.0897 e. The number of anilines is 1. The van der Waals surface area contributed by atoms with Crippen molar-refractivity contribution in [3.63, 3.8) is 0 Å². The first kappa shape index (κ1) is 13.5. The summed E-state index contributed by atoms with van der Waals surface area (Å²) < 4.78 is 1.02. The second-order valence-corrected chi connectivity index (χ2v) is 6.35.